The Kier molecular flexibility index (Phi) is 6.15. The van der Waals surface area contributed by atoms with Gasteiger partial charge in [-0.15, -0.1) is 0 Å². The van der Waals surface area contributed by atoms with E-state index in [1.54, 1.807) is 0 Å². The van der Waals surface area contributed by atoms with Crippen LogP contribution in [0, 0.1) is 25.0 Å². The standard InChI is InChI=1S/C26H30N2O3/c1-16(2)10-12-28-13-11-19-8-9-20-23(26(30)31)25(29)22(27-24(20)21(19)15-28)14-18-6-4-17(3)5-7-18/h4-7,16,26,29-31H,10-15H2,1-3H3. The lowest BCUT2D eigenvalue weighted by molar-refractivity contribution is -0.0427. The summed E-state index contributed by atoms with van der Waals surface area (Å²) in [6.07, 6.45) is 0.591. The van der Waals surface area contributed by atoms with Crippen LogP contribution in [0.15, 0.2) is 24.3 Å². The number of aliphatic hydroxyl groups excluding tert-OH is 1. The monoisotopic (exact) mass is 418 g/mol. The fourth-order valence-corrected chi connectivity index (χ4v) is 4.21. The van der Waals surface area contributed by atoms with Crippen LogP contribution in [-0.2, 0) is 19.4 Å². The topological polar surface area (TPSA) is 76.8 Å². The number of fused-ring (bicyclic) bond motifs is 3. The highest BCUT2D eigenvalue weighted by Gasteiger charge is 2.25. The van der Waals surface area contributed by atoms with Crippen molar-refractivity contribution in [3.8, 4) is 5.75 Å². The third-order valence-corrected chi connectivity index (χ3v) is 6.10. The van der Waals surface area contributed by atoms with Crippen molar-refractivity contribution < 1.29 is 15.3 Å². The highest BCUT2D eigenvalue weighted by Crippen LogP contribution is 2.36. The van der Waals surface area contributed by atoms with Gasteiger partial charge < -0.3 is 15.3 Å². The summed E-state index contributed by atoms with van der Waals surface area (Å²) in [5.41, 5.74) is 5.48. The fraction of sp³-hybridized carbons (Fsp3) is 0.423. The number of hydrogen-bond acceptors (Lipinski definition) is 5. The van der Waals surface area contributed by atoms with E-state index in [1.807, 2.05) is 31.2 Å². The van der Waals surface area contributed by atoms with Gasteiger partial charge in [-0.1, -0.05) is 55.8 Å². The predicted molar refractivity (Wildman–Crippen MR) is 121 cm³/mol. The average Bonchev–Trinajstić information content (AvgIpc) is 2.74. The van der Waals surface area contributed by atoms with E-state index >= 15 is 0 Å². The minimum atomic E-state index is -1.81. The summed E-state index contributed by atoms with van der Waals surface area (Å²) in [5.74, 6) is 0.460. The number of aromatic hydroxyl groups is 1. The van der Waals surface area contributed by atoms with Crippen LogP contribution >= 0.6 is 0 Å². The molecular formula is C26H30N2O3. The molecule has 162 valence electrons. The Bertz CT molecular complexity index is 1070. The number of hydrogen-bond donors (Lipinski definition) is 3. The first-order valence-corrected chi connectivity index (χ1v) is 11.0. The summed E-state index contributed by atoms with van der Waals surface area (Å²) >= 11 is 0. The Morgan fingerprint density at radius 3 is 2.55 bits per heavy atom. The first-order chi connectivity index (χ1) is 14.8. The molecule has 3 N–H and O–H groups in total. The molecule has 0 amide bonds. The van der Waals surface area contributed by atoms with Crippen molar-refractivity contribution >= 4 is 10.9 Å². The molecular weight excluding hydrogens is 388 g/mol. The normalized spacial score (nSPS) is 14.3. The van der Waals surface area contributed by atoms with Gasteiger partial charge in [0.2, 0.25) is 0 Å². The van der Waals surface area contributed by atoms with E-state index in [9.17, 15) is 15.3 Å². The van der Waals surface area contributed by atoms with Gasteiger partial charge in [0, 0.05) is 30.6 Å². The lowest BCUT2D eigenvalue weighted by atomic mass is 9.94. The molecule has 0 fully saturated rings. The summed E-state index contributed by atoms with van der Waals surface area (Å²) in [5, 5.41) is 31.4. The fourth-order valence-electron chi connectivity index (χ4n) is 4.21. The molecule has 5 heteroatoms. The van der Waals surface area contributed by atoms with Gasteiger partial charge >= 0.3 is 0 Å². The van der Waals surface area contributed by atoms with E-state index in [1.165, 1.54) is 0 Å². The second-order valence-corrected chi connectivity index (χ2v) is 9.00. The van der Waals surface area contributed by atoms with Crippen molar-refractivity contribution in [1.82, 2.24) is 9.88 Å². The summed E-state index contributed by atoms with van der Waals surface area (Å²) < 4.78 is 0. The van der Waals surface area contributed by atoms with Crippen LogP contribution < -0.4 is 0 Å². The molecule has 0 spiro atoms. The zero-order valence-electron chi connectivity index (χ0n) is 18.4. The van der Waals surface area contributed by atoms with Gasteiger partial charge in [0.05, 0.1) is 22.2 Å². The van der Waals surface area contributed by atoms with E-state index in [0.29, 0.717) is 28.9 Å². The Balaban J connectivity index is 1.80. The molecule has 0 unspecified atom stereocenters. The second-order valence-electron chi connectivity index (χ2n) is 9.00. The Morgan fingerprint density at radius 1 is 1.13 bits per heavy atom. The quantitative estimate of drug-likeness (QED) is 0.531. The van der Waals surface area contributed by atoms with Gasteiger partial charge in [0.1, 0.15) is 5.75 Å². The van der Waals surface area contributed by atoms with E-state index < -0.39 is 6.29 Å². The maximum absolute atomic E-state index is 10.8. The average molecular weight is 419 g/mol. The van der Waals surface area contributed by atoms with Crippen molar-refractivity contribution in [2.45, 2.75) is 52.9 Å². The molecule has 2 heterocycles. The molecule has 4 rings (SSSR count). The van der Waals surface area contributed by atoms with Crippen LogP contribution in [-0.4, -0.2) is 38.3 Å². The van der Waals surface area contributed by atoms with Crippen molar-refractivity contribution in [1.29, 1.82) is 0 Å². The smallest absolute Gasteiger partial charge is 0.183 e. The predicted octanol–water partition coefficient (Wildman–Crippen LogP) is 3.83. The summed E-state index contributed by atoms with van der Waals surface area (Å²) in [7, 11) is 0. The molecule has 0 saturated heterocycles. The molecule has 1 aliphatic heterocycles. The van der Waals surface area contributed by atoms with Gasteiger partial charge in [-0.3, -0.25) is 4.90 Å². The summed E-state index contributed by atoms with van der Waals surface area (Å²) in [6, 6.07) is 14.3. The molecule has 0 aliphatic carbocycles. The highest BCUT2D eigenvalue weighted by molar-refractivity contribution is 5.87. The first-order valence-electron chi connectivity index (χ1n) is 11.0. The Hall–Kier alpha value is -2.65. The van der Waals surface area contributed by atoms with Gasteiger partial charge in [0.15, 0.2) is 6.29 Å². The Morgan fingerprint density at radius 2 is 1.87 bits per heavy atom. The number of aliphatic hydroxyl groups is 2. The van der Waals surface area contributed by atoms with E-state index in [2.05, 4.69) is 30.9 Å². The number of benzene rings is 1. The lowest BCUT2D eigenvalue weighted by Crippen LogP contribution is -2.32. The van der Waals surface area contributed by atoms with E-state index in [0.717, 1.165) is 54.7 Å². The van der Waals surface area contributed by atoms with Gasteiger partial charge in [-0.05, 0) is 37.8 Å². The van der Waals surface area contributed by atoms with Crippen LogP contribution in [0.1, 0.15) is 60.1 Å². The maximum atomic E-state index is 10.8. The molecule has 31 heavy (non-hydrogen) atoms. The maximum Gasteiger partial charge on any atom is 0.183 e. The van der Waals surface area contributed by atoms with E-state index in [-0.39, 0.29) is 11.3 Å². The lowest BCUT2D eigenvalue weighted by Gasteiger charge is -2.29. The molecule has 0 radical (unpaired) electrons. The summed E-state index contributed by atoms with van der Waals surface area (Å²) in [6.45, 7) is 9.21. The zero-order chi connectivity index (χ0) is 22.1. The third kappa shape index (κ3) is 4.52. The largest absolute Gasteiger partial charge is 0.505 e. The molecule has 0 saturated carbocycles. The van der Waals surface area contributed by atoms with Crippen molar-refractivity contribution in [3.63, 3.8) is 0 Å². The van der Waals surface area contributed by atoms with Crippen LogP contribution in [0.25, 0.3) is 10.9 Å². The van der Waals surface area contributed by atoms with E-state index in [4.69, 9.17) is 4.98 Å². The molecule has 1 aliphatic rings. The van der Waals surface area contributed by atoms with Gasteiger partial charge in [0.25, 0.3) is 0 Å². The third-order valence-electron chi connectivity index (χ3n) is 6.10. The van der Waals surface area contributed by atoms with Crippen molar-refractivity contribution in [2.24, 2.45) is 5.92 Å². The number of nitrogens with zero attached hydrogens (tertiary/aromatic N) is 2. The molecule has 5 nitrogen and oxygen atoms in total. The molecule has 0 atom stereocenters. The number of pyridine rings is 1. The second kappa shape index (κ2) is 8.84. The van der Waals surface area contributed by atoms with Crippen LogP contribution in [0.4, 0.5) is 0 Å². The molecule has 0 bridgehead atoms. The van der Waals surface area contributed by atoms with Crippen LogP contribution in [0.2, 0.25) is 0 Å². The zero-order valence-corrected chi connectivity index (χ0v) is 18.4. The minimum Gasteiger partial charge on any atom is -0.505 e. The number of rotatable bonds is 6. The molecule has 3 aromatic rings. The molecule has 1 aromatic heterocycles. The van der Waals surface area contributed by atoms with Gasteiger partial charge in [-0.25, -0.2) is 4.98 Å². The van der Waals surface area contributed by atoms with Crippen LogP contribution in [0.3, 0.4) is 0 Å². The first kappa shape index (κ1) is 21.6. The summed E-state index contributed by atoms with van der Waals surface area (Å²) in [4.78, 5) is 7.24. The van der Waals surface area contributed by atoms with Crippen LogP contribution in [0.5, 0.6) is 5.75 Å². The molecule has 2 aromatic carbocycles. The number of aryl methyl sites for hydroxylation is 1. The Labute approximate surface area is 184 Å². The highest BCUT2D eigenvalue weighted by atomic mass is 16.5. The van der Waals surface area contributed by atoms with Crippen molar-refractivity contribution in [2.75, 3.05) is 13.1 Å². The van der Waals surface area contributed by atoms with Crippen molar-refractivity contribution in [3.05, 3.63) is 69.9 Å². The number of aromatic nitrogens is 1. The SMILES string of the molecule is Cc1ccc(Cc2nc3c4c(c#cc3c(C(O)O)c2O)CCN(CCC(C)C)C4)cc1. The minimum absolute atomic E-state index is 0.0606. The van der Waals surface area contributed by atoms with Gasteiger partial charge in [-0.2, -0.15) is 0 Å².